The Hall–Kier alpha value is -1.84. The molecule has 0 saturated carbocycles. The standard InChI is InChI=1S/C17H24N2O2/c1-2-18(14-15-10-6-5-7-11-15)16(20)17(21)19-12-8-3-4-9-13-19/h5-7,10-11H,2-4,8-9,12-14H2,1H3. The van der Waals surface area contributed by atoms with Crippen LogP contribution in [0.3, 0.4) is 0 Å². The lowest BCUT2D eigenvalue weighted by molar-refractivity contribution is -0.152. The van der Waals surface area contributed by atoms with Crippen LogP contribution in [0, 0.1) is 0 Å². The molecule has 0 radical (unpaired) electrons. The Bertz CT molecular complexity index is 465. The highest BCUT2D eigenvalue weighted by Gasteiger charge is 2.26. The molecule has 0 bridgehead atoms. The summed E-state index contributed by atoms with van der Waals surface area (Å²) in [5.74, 6) is -0.710. The highest BCUT2D eigenvalue weighted by Crippen LogP contribution is 2.12. The number of hydrogen-bond acceptors (Lipinski definition) is 2. The van der Waals surface area contributed by atoms with E-state index in [1.165, 1.54) is 0 Å². The van der Waals surface area contributed by atoms with Crippen LogP contribution in [-0.4, -0.2) is 41.2 Å². The molecule has 2 amide bonds. The van der Waals surface area contributed by atoms with Crippen LogP contribution in [0.15, 0.2) is 30.3 Å². The zero-order chi connectivity index (χ0) is 15.1. The van der Waals surface area contributed by atoms with Gasteiger partial charge in [-0.25, -0.2) is 0 Å². The van der Waals surface area contributed by atoms with Gasteiger partial charge in [0.1, 0.15) is 0 Å². The molecule has 1 aliphatic rings. The molecule has 0 atom stereocenters. The van der Waals surface area contributed by atoms with E-state index in [-0.39, 0.29) is 11.8 Å². The molecule has 0 spiro atoms. The molecule has 4 nitrogen and oxygen atoms in total. The Morgan fingerprint density at radius 3 is 2.24 bits per heavy atom. The van der Waals surface area contributed by atoms with Crippen molar-refractivity contribution in [3.63, 3.8) is 0 Å². The maximum Gasteiger partial charge on any atom is 0.312 e. The number of rotatable bonds is 3. The molecule has 2 rings (SSSR count). The van der Waals surface area contributed by atoms with Crippen LogP contribution in [0.5, 0.6) is 0 Å². The largest absolute Gasteiger partial charge is 0.334 e. The topological polar surface area (TPSA) is 40.6 Å². The second-order valence-electron chi connectivity index (χ2n) is 5.51. The third-order valence-corrected chi connectivity index (χ3v) is 3.96. The van der Waals surface area contributed by atoms with Crippen LogP contribution in [0.25, 0.3) is 0 Å². The molecular weight excluding hydrogens is 264 g/mol. The summed E-state index contributed by atoms with van der Waals surface area (Å²) in [5, 5.41) is 0. The van der Waals surface area contributed by atoms with Crippen LogP contribution >= 0.6 is 0 Å². The number of likely N-dealkylation sites (tertiary alicyclic amines) is 1. The van der Waals surface area contributed by atoms with Gasteiger partial charge >= 0.3 is 11.8 Å². The summed E-state index contributed by atoms with van der Waals surface area (Å²) in [6.07, 6.45) is 4.31. The lowest BCUT2D eigenvalue weighted by Gasteiger charge is -2.25. The van der Waals surface area contributed by atoms with Gasteiger partial charge in [-0.2, -0.15) is 0 Å². The lowest BCUT2D eigenvalue weighted by atomic mass is 10.2. The van der Waals surface area contributed by atoms with Gasteiger partial charge < -0.3 is 9.80 Å². The smallest absolute Gasteiger partial charge is 0.312 e. The zero-order valence-electron chi connectivity index (χ0n) is 12.8. The minimum atomic E-state index is -0.372. The Labute approximate surface area is 126 Å². The fourth-order valence-corrected chi connectivity index (χ4v) is 2.68. The Balaban J connectivity index is 1.99. The molecule has 1 aromatic rings. The van der Waals surface area contributed by atoms with Gasteiger partial charge in [-0.15, -0.1) is 0 Å². The number of carbonyl (C=O) groups excluding carboxylic acids is 2. The van der Waals surface area contributed by atoms with E-state index < -0.39 is 0 Å². The predicted molar refractivity (Wildman–Crippen MR) is 82.6 cm³/mol. The van der Waals surface area contributed by atoms with Crippen molar-refractivity contribution in [3.8, 4) is 0 Å². The summed E-state index contributed by atoms with van der Waals surface area (Å²) < 4.78 is 0. The van der Waals surface area contributed by atoms with Crippen LogP contribution in [-0.2, 0) is 16.1 Å². The molecule has 0 N–H and O–H groups in total. The summed E-state index contributed by atoms with van der Waals surface area (Å²) in [6, 6.07) is 9.80. The van der Waals surface area contributed by atoms with E-state index in [9.17, 15) is 9.59 Å². The average Bonchev–Trinajstić information content (AvgIpc) is 2.81. The summed E-state index contributed by atoms with van der Waals surface area (Å²) in [6.45, 7) is 4.39. The van der Waals surface area contributed by atoms with E-state index in [4.69, 9.17) is 0 Å². The van der Waals surface area contributed by atoms with Crippen molar-refractivity contribution < 1.29 is 9.59 Å². The van der Waals surface area contributed by atoms with Gasteiger partial charge in [-0.05, 0) is 25.3 Å². The molecule has 0 aliphatic carbocycles. The third kappa shape index (κ3) is 4.31. The molecule has 1 saturated heterocycles. The first-order valence-corrected chi connectivity index (χ1v) is 7.84. The van der Waals surface area contributed by atoms with E-state index >= 15 is 0 Å². The van der Waals surface area contributed by atoms with Gasteiger partial charge in [0.25, 0.3) is 0 Å². The van der Waals surface area contributed by atoms with Crippen molar-refractivity contribution in [2.24, 2.45) is 0 Å². The number of carbonyl (C=O) groups is 2. The van der Waals surface area contributed by atoms with Gasteiger partial charge in [-0.3, -0.25) is 9.59 Å². The monoisotopic (exact) mass is 288 g/mol. The fraction of sp³-hybridized carbons (Fsp3) is 0.529. The molecule has 4 heteroatoms. The van der Waals surface area contributed by atoms with E-state index in [0.717, 1.165) is 31.2 Å². The Morgan fingerprint density at radius 2 is 1.67 bits per heavy atom. The van der Waals surface area contributed by atoms with E-state index in [1.807, 2.05) is 37.3 Å². The maximum atomic E-state index is 12.4. The lowest BCUT2D eigenvalue weighted by Crippen LogP contribution is -2.45. The highest BCUT2D eigenvalue weighted by atomic mass is 16.2. The number of likely N-dealkylation sites (N-methyl/N-ethyl adjacent to an activating group) is 1. The molecular formula is C17H24N2O2. The van der Waals surface area contributed by atoms with Crippen molar-refractivity contribution in [2.45, 2.75) is 39.2 Å². The quantitative estimate of drug-likeness (QED) is 0.802. The van der Waals surface area contributed by atoms with Gasteiger partial charge in [-0.1, -0.05) is 43.2 Å². The van der Waals surface area contributed by atoms with Crippen molar-refractivity contribution in [3.05, 3.63) is 35.9 Å². The van der Waals surface area contributed by atoms with Gasteiger partial charge in [0, 0.05) is 26.2 Å². The van der Waals surface area contributed by atoms with Crippen LogP contribution in [0.2, 0.25) is 0 Å². The molecule has 1 aromatic carbocycles. The van der Waals surface area contributed by atoms with Crippen molar-refractivity contribution in [2.75, 3.05) is 19.6 Å². The van der Waals surface area contributed by atoms with Gasteiger partial charge in [0.2, 0.25) is 0 Å². The number of amides is 2. The first-order valence-electron chi connectivity index (χ1n) is 7.84. The van der Waals surface area contributed by atoms with Gasteiger partial charge in [0.05, 0.1) is 0 Å². The molecule has 1 heterocycles. The maximum absolute atomic E-state index is 12.4. The van der Waals surface area contributed by atoms with Crippen LogP contribution < -0.4 is 0 Å². The zero-order valence-corrected chi connectivity index (χ0v) is 12.8. The molecule has 1 aliphatic heterocycles. The summed E-state index contributed by atoms with van der Waals surface area (Å²) in [7, 11) is 0. The van der Waals surface area contributed by atoms with E-state index in [0.29, 0.717) is 26.2 Å². The summed E-state index contributed by atoms with van der Waals surface area (Å²) >= 11 is 0. The number of nitrogens with zero attached hydrogens (tertiary/aromatic N) is 2. The highest BCUT2D eigenvalue weighted by molar-refractivity contribution is 6.34. The second kappa shape index (κ2) is 7.81. The number of hydrogen-bond donors (Lipinski definition) is 0. The Kier molecular flexibility index (Phi) is 5.78. The molecule has 114 valence electrons. The molecule has 21 heavy (non-hydrogen) atoms. The fourth-order valence-electron chi connectivity index (χ4n) is 2.68. The van der Waals surface area contributed by atoms with Crippen molar-refractivity contribution >= 4 is 11.8 Å². The van der Waals surface area contributed by atoms with E-state index in [2.05, 4.69) is 0 Å². The normalized spacial score (nSPS) is 15.4. The molecule has 0 aromatic heterocycles. The third-order valence-electron chi connectivity index (χ3n) is 3.96. The second-order valence-corrected chi connectivity index (χ2v) is 5.51. The minimum absolute atomic E-state index is 0.338. The average molecular weight is 288 g/mol. The molecule has 0 unspecified atom stereocenters. The SMILES string of the molecule is CCN(Cc1ccccc1)C(=O)C(=O)N1CCCCCC1. The van der Waals surface area contributed by atoms with Crippen LogP contribution in [0.1, 0.15) is 38.2 Å². The van der Waals surface area contributed by atoms with Crippen molar-refractivity contribution in [1.29, 1.82) is 0 Å². The molecule has 1 fully saturated rings. The van der Waals surface area contributed by atoms with Crippen molar-refractivity contribution in [1.82, 2.24) is 9.80 Å². The van der Waals surface area contributed by atoms with Gasteiger partial charge in [0.15, 0.2) is 0 Å². The first-order chi connectivity index (χ1) is 10.2. The number of benzene rings is 1. The van der Waals surface area contributed by atoms with E-state index in [1.54, 1.807) is 9.80 Å². The minimum Gasteiger partial charge on any atom is -0.334 e. The summed E-state index contributed by atoms with van der Waals surface area (Å²) in [4.78, 5) is 28.2. The summed E-state index contributed by atoms with van der Waals surface area (Å²) in [5.41, 5.74) is 1.05. The van der Waals surface area contributed by atoms with Crippen LogP contribution in [0.4, 0.5) is 0 Å². The Morgan fingerprint density at radius 1 is 1.05 bits per heavy atom. The predicted octanol–water partition coefficient (Wildman–Crippen LogP) is 2.44. The first kappa shape index (κ1) is 15.5.